The van der Waals surface area contributed by atoms with Gasteiger partial charge in [0.25, 0.3) is 0 Å². The van der Waals surface area contributed by atoms with Crippen LogP contribution in [0.1, 0.15) is 22.6 Å². The summed E-state index contributed by atoms with van der Waals surface area (Å²) in [6.45, 7) is 4.05. The molecule has 21 heavy (non-hydrogen) atoms. The Bertz CT molecular complexity index is 553. The third kappa shape index (κ3) is 8.62. The third-order valence-electron chi connectivity index (χ3n) is 2.40. The van der Waals surface area contributed by atoms with E-state index in [4.69, 9.17) is 34.7 Å². The van der Waals surface area contributed by atoms with Gasteiger partial charge in [-0.1, -0.05) is 23.7 Å². The topological polar surface area (TPSA) is 104 Å². The van der Waals surface area contributed by atoms with Gasteiger partial charge in [0.05, 0.1) is 13.3 Å². The van der Waals surface area contributed by atoms with Crippen molar-refractivity contribution in [2.45, 2.75) is 20.3 Å². The molecule has 0 bridgehead atoms. The molecule has 5 nitrogen and oxygen atoms in total. The molecular formula is C14H14Cl2O5. The van der Waals surface area contributed by atoms with Crippen LogP contribution in [0.2, 0.25) is 5.02 Å². The van der Waals surface area contributed by atoms with E-state index in [9.17, 15) is 0 Å². The number of hydrogen-bond donors (Lipinski definition) is 0. The van der Waals surface area contributed by atoms with E-state index in [0.717, 1.165) is 23.0 Å². The number of aryl methyl sites for hydroxylation is 2. The molecule has 0 aliphatic carbocycles. The number of halogens is 2. The van der Waals surface area contributed by atoms with Crippen molar-refractivity contribution in [2.24, 2.45) is 0 Å². The summed E-state index contributed by atoms with van der Waals surface area (Å²) in [4.78, 5) is 0. The average Bonchev–Trinajstić information content (AvgIpc) is 2.28. The summed E-state index contributed by atoms with van der Waals surface area (Å²) in [6.07, 6.45) is 0.805. The maximum Gasteiger partial charge on any atom is 0.334 e. The van der Waals surface area contributed by atoms with E-state index in [0.29, 0.717) is 0 Å². The Labute approximate surface area is 129 Å². The van der Waals surface area contributed by atoms with Crippen LogP contribution in [0.3, 0.4) is 0 Å². The molecule has 0 unspecified atom stereocenters. The Morgan fingerprint density at radius 3 is 2.00 bits per heavy atom. The fourth-order valence-corrected chi connectivity index (χ4v) is 1.90. The molecule has 0 radical (unpaired) electrons. The minimum atomic E-state index is -4.94. The Morgan fingerprint density at radius 2 is 1.52 bits per heavy atom. The second-order valence-corrected chi connectivity index (χ2v) is 5.59. The van der Waals surface area contributed by atoms with Crippen molar-refractivity contribution in [1.82, 2.24) is 0 Å². The molecule has 0 saturated carbocycles. The molecule has 7 heteroatoms. The van der Waals surface area contributed by atoms with Gasteiger partial charge in [0.15, 0.2) is 0 Å². The molecule has 0 N–H and O–H groups in total. The summed E-state index contributed by atoms with van der Waals surface area (Å²) < 4.78 is 39.6. The van der Waals surface area contributed by atoms with Crippen molar-refractivity contribution in [3.8, 4) is 0 Å². The summed E-state index contributed by atoms with van der Waals surface area (Å²) in [6, 6.07) is 12.0. The Balaban J connectivity index is 0.000000383. The van der Waals surface area contributed by atoms with Gasteiger partial charge in [-0.25, -0.2) is 23.1 Å². The predicted octanol–water partition coefficient (Wildman–Crippen LogP) is -0.334. The molecule has 0 aliphatic rings. The zero-order valence-electron chi connectivity index (χ0n) is 11.5. The maximum atomic E-state index is 8.49. The molecule has 0 aliphatic heterocycles. The highest BCUT2D eigenvalue weighted by atomic mass is 35.7. The molecule has 0 saturated heterocycles. The minimum absolute atomic E-state index is 0.765. The summed E-state index contributed by atoms with van der Waals surface area (Å²) in [5.41, 5.74) is 2.44. The van der Waals surface area contributed by atoms with Gasteiger partial charge in [0.2, 0.25) is 0 Å². The van der Waals surface area contributed by atoms with Crippen LogP contribution in [0.15, 0.2) is 40.8 Å². The number of rotatable bonds is 2. The Kier molecular flexibility index (Phi) is 6.54. The molecule has 1 heterocycles. The van der Waals surface area contributed by atoms with Crippen molar-refractivity contribution in [3.63, 3.8) is 0 Å². The molecule has 0 spiro atoms. The van der Waals surface area contributed by atoms with Crippen LogP contribution in [-0.2, 0) is 6.42 Å². The molecule has 0 fully saturated rings. The summed E-state index contributed by atoms with van der Waals surface area (Å²) in [5, 5.41) is 0.765. The SMILES string of the molecule is Cc1cc(C)[o+]c(Cc2ccc(Cl)cc2)c1.[O-][Cl+3]([O-])([O-])[O-]. The molecule has 0 atom stereocenters. The monoisotopic (exact) mass is 332 g/mol. The molecular weight excluding hydrogens is 319 g/mol. The fraction of sp³-hybridized carbons (Fsp3) is 0.214. The highest BCUT2D eigenvalue weighted by Gasteiger charge is 2.11. The quantitative estimate of drug-likeness (QED) is 0.700. The van der Waals surface area contributed by atoms with Crippen molar-refractivity contribution >= 4 is 11.6 Å². The standard InChI is InChI=1S/C14H14ClO.ClHO4/c1-10-7-11(2)16-14(8-10)9-12-3-5-13(15)6-4-12;2-1(3,4)5/h3-8H,9H2,1-2H3;(H,2,3,4,5)/q+1;/p-1. The van der Waals surface area contributed by atoms with Crippen LogP contribution in [-0.4, -0.2) is 0 Å². The first-order valence-corrected chi connectivity index (χ1v) is 7.51. The molecule has 0 amide bonds. The lowest BCUT2D eigenvalue weighted by molar-refractivity contribution is -2.00. The van der Waals surface area contributed by atoms with Crippen LogP contribution in [0.4, 0.5) is 0 Å². The Hall–Kier alpha value is -1.21. The lowest BCUT2D eigenvalue weighted by atomic mass is 10.1. The van der Waals surface area contributed by atoms with Crippen molar-refractivity contribution < 1.29 is 33.3 Å². The highest BCUT2D eigenvalue weighted by Crippen LogP contribution is 2.16. The zero-order valence-corrected chi connectivity index (χ0v) is 13.0. The third-order valence-corrected chi connectivity index (χ3v) is 2.66. The second-order valence-electron chi connectivity index (χ2n) is 4.39. The van der Waals surface area contributed by atoms with Gasteiger partial charge in [-0.15, -0.1) is 10.2 Å². The van der Waals surface area contributed by atoms with E-state index in [-0.39, 0.29) is 0 Å². The average molecular weight is 333 g/mol. The normalized spacial score (nSPS) is 10.8. The van der Waals surface area contributed by atoms with E-state index in [1.54, 1.807) is 0 Å². The first-order chi connectivity index (χ1) is 9.63. The van der Waals surface area contributed by atoms with E-state index >= 15 is 0 Å². The summed E-state index contributed by atoms with van der Waals surface area (Å²) in [5.74, 6) is 1.93. The molecule has 1 aromatic carbocycles. The first kappa shape index (κ1) is 17.8. The van der Waals surface area contributed by atoms with Crippen LogP contribution in [0.25, 0.3) is 0 Å². The van der Waals surface area contributed by atoms with E-state index in [2.05, 4.69) is 13.0 Å². The molecule has 2 aromatic rings. The lowest BCUT2D eigenvalue weighted by Crippen LogP contribution is -2.68. The fourth-order valence-electron chi connectivity index (χ4n) is 1.77. The predicted molar refractivity (Wildman–Crippen MR) is 66.8 cm³/mol. The molecule has 2 rings (SSSR count). The van der Waals surface area contributed by atoms with Crippen LogP contribution in [0, 0.1) is 24.1 Å². The van der Waals surface area contributed by atoms with E-state index in [1.807, 2.05) is 37.3 Å². The largest absolute Gasteiger partial charge is 0.334 e. The smallest absolute Gasteiger partial charge is 0.222 e. The Morgan fingerprint density at radius 1 is 1.00 bits per heavy atom. The first-order valence-electron chi connectivity index (χ1n) is 5.90. The van der Waals surface area contributed by atoms with Gasteiger partial charge in [-0.05, 0) is 30.2 Å². The van der Waals surface area contributed by atoms with Crippen LogP contribution >= 0.6 is 11.6 Å². The van der Waals surface area contributed by atoms with E-state index in [1.165, 1.54) is 11.1 Å². The van der Waals surface area contributed by atoms with E-state index < -0.39 is 10.2 Å². The van der Waals surface area contributed by atoms with Gasteiger partial charge in [0, 0.05) is 17.2 Å². The second kappa shape index (κ2) is 7.70. The summed E-state index contributed by atoms with van der Waals surface area (Å²) in [7, 11) is -4.94. The van der Waals surface area contributed by atoms with Crippen LogP contribution < -0.4 is 18.6 Å². The van der Waals surface area contributed by atoms with Gasteiger partial charge < -0.3 is 0 Å². The number of benzene rings is 1. The number of hydrogen-bond acceptors (Lipinski definition) is 4. The van der Waals surface area contributed by atoms with Crippen molar-refractivity contribution in [1.29, 1.82) is 0 Å². The van der Waals surface area contributed by atoms with Gasteiger partial charge in [-0.2, -0.15) is 0 Å². The summed E-state index contributed by atoms with van der Waals surface area (Å²) >= 11 is 5.84. The van der Waals surface area contributed by atoms with Gasteiger partial charge in [0.1, 0.15) is 0 Å². The molecule has 1 aromatic heterocycles. The molecule has 114 valence electrons. The zero-order chi connectivity index (χ0) is 16.0. The van der Waals surface area contributed by atoms with Crippen molar-refractivity contribution in [3.05, 3.63) is 64.1 Å². The lowest BCUT2D eigenvalue weighted by Gasteiger charge is -2.17. The minimum Gasteiger partial charge on any atom is -0.222 e. The van der Waals surface area contributed by atoms with Gasteiger partial charge >= 0.3 is 11.5 Å². The van der Waals surface area contributed by atoms with Crippen molar-refractivity contribution in [2.75, 3.05) is 0 Å². The van der Waals surface area contributed by atoms with Gasteiger partial charge in [-0.3, -0.25) is 0 Å². The van der Waals surface area contributed by atoms with Crippen LogP contribution in [0.5, 0.6) is 0 Å². The maximum absolute atomic E-state index is 8.49. The highest BCUT2D eigenvalue weighted by molar-refractivity contribution is 6.30.